The molecule has 0 aliphatic rings. The minimum absolute atomic E-state index is 0.00278. The fourth-order valence-electron chi connectivity index (χ4n) is 3.43. The minimum Gasteiger partial charge on any atom is -0.497 e. The molecule has 1 amide bonds. The third kappa shape index (κ3) is 5.35. The first kappa shape index (κ1) is 21.3. The zero-order valence-electron chi connectivity index (χ0n) is 17.6. The summed E-state index contributed by atoms with van der Waals surface area (Å²) in [5.41, 5.74) is 2.10. The maximum atomic E-state index is 12.7. The summed E-state index contributed by atoms with van der Waals surface area (Å²) in [6, 6.07) is 17.4. The van der Waals surface area contributed by atoms with Gasteiger partial charge in [0.25, 0.3) is 0 Å². The second kappa shape index (κ2) is 10.4. The highest BCUT2D eigenvalue weighted by Crippen LogP contribution is 2.28. The summed E-state index contributed by atoms with van der Waals surface area (Å²) in [4.78, 5) is 12.7. The van der Waals surface area contributed by atoms with E-state index in [1.807, 2.05) is 71.6 Å². The lowest BCUT2D eigenvalue weighted by Gasteiger charge is -2.20. The lowest BCUT2D eigenvalue weighted by molar-refractivity contribution is -0.121. The van der Waals surface area contributed by atoms with Gasteiger partial charge < -0.3 is 24.1 Å². The molecule has 0 unspecified atom stereocenters. The van der Waals surface area contributed by atoms with Crippen molar-refractivity contribution in [2.45, 2.75) is 18.9 Å². The van der Waals surface area contributed by atoms with Crippen molar-refractivity contribution in [1.29, 1.82) is 0 Å². The number of hydrogen-bond donors (Lipinski definition) is 1. The van der Waals surface area contributed by atoms with E-state index in [4.69, 9.17) is 14.2 Å². The van der Waals surface area contributed by atoms with E-state index in [2.05, 4.69) is 5.32 Å². The largest absolute Gasteiger partial charge is 0.497 e. The summed E-state index contributed by atoms with van der Waals surface area (Å²) in [7, 11) is 4.87. The molecular formula is C24H28N2O4. The summed E-state index contributed by atoms with van der Waals surface area (Å²) in [5, 5.41) is 3.03. The van der Waals surface area contributed by atoms with Crippen molar-refractivity contribution < 1.29 is 19.0 Å². The van der Waals surface area contributed by atoms with Crippen LogP contribution in [0.15, 0.2) is 67.0 Å². The minimum atomic E-state index is -0.101. The van der Waals surface area contributed by atoms with Crippen LogP contribution in [-0.4, -0.2) is 38.3 Å². The molecule has 0 aliphatic carbocycles. The first-order valence-electron chi connectivity index (χ1n) is 9.88. The highest BCUT2D eigenvalue weighted by Gasteiger charge is 2.18. The molecule has 158 valence electrons. The molecule has 30 heavy (non-hydrogen) atoms. The maximum Gasteiger partial charge on any atom is 0.222 e. The van der Waals surface area contributed by atoms with Gasteiger partial charge in [0.1, 0.15) is 5.75 Å². The Morgan fingerprint density at radius 1 is 0.933 bits per heavy atom. The molecule has 0 aliphatic heterocycles. The number of hydrogen-bond acceptors (Lipinski definition) is 4. The molecule has 1 heterocycles. The molecule has 2 aromatic carbocycles. The van der Waals surface area contributed by atoms with Gasteiger partial charge in [-0.1, -0.05) is 18.2 Å². The molecule has 1 atom stereocenters. The second-order valence-corrected chi connectivity index (χ2v) is 6.92. The van der Waals surface area contributed by atoms with E-state index in [1.54, 1.807) is 21.3 Å². The zero-order valence-corrected chi connectivity index (χ0v) is 17.6. The molecule has 0 saturated heterocycles. The normalized spacial score (nSPS) is 11.6. The summed E-state index contributed by atoms with van der Waals surface area (Å²) in [6.07, 6.45) is 5.00. The first-order chi connectivity index (χ1) is 14.6. The molecule has 0 saturated carbocycles. The average molecular weight is 408 g/mol. The van der Waals surface area contributed by atoms with Gasteiger partial charge in [0.15, 0.2) is 11.5 Å². The van der Waals surface area contributed by atoms with Crippen molar-refractivity contribution in [3.63, 3.8) is 0 Å². The van der Waals surface area contributed by atoms with Crippen LogP contribution in [0.25, 0.3) is 0 Å². The first-order valence-corrected chi connectivity index (χ1v) is 9.88. The van der Waals surface area contributed by atoms with Gasteiger partial charge >= 0.3 is 0 Å². The number of rotatable bonds is 10. The SMILES string of the molecule is COc1cccc([C@@H](CC(=O)NCCc2ccc(OC)c(OC)c2)n2cccc2)c1. The molecule has 0 fully saturated rings. The van der Waals surface area contributed by atoms with E-state index in [9.17, 15) is 4.79 Å². The number of ether oxygens (including phenoxy) is 3. The van der Waals surface area contributed by atoms with E-state index in [0.717, 1.165) is 16.9 Å². The lowest BCUT2D eigenvalue weighted by atomic mass is 10.0. The van der Waals surface area contributed by atoms with E-state index >= 15 is 0 Å². The highest BCUT2D eigenvalue weighted by molar-refractivity contribution is 5.77. The molecule has 6 heteroatoms. The van der Waals surface area contributed by atoms with Gasteiger partial charge in [-0.15, -0.1) is 0 Å². The number of carbonyl (C=O) groups excluding carboxylic acids is 1. The van der Waals surface area contributed by atoms with Gasteiger partial charge in [-0.05, 0) is 53.9 Å². The Hall–Kier alpha value is -3.41. The Morgan fingerprint density at radius 2 is 1.70 bits per heavy atom. The molecule has 1 N–H and O–H groups in total. The van der Waals surface area contributed by atoms with Crippen LogP contribution in [0.3, 0.4) is 0 Å². The third-order valence-corrected chi connectivity index (χ3v) is 5.03. The van der Waals surface area contributed by atoms with Crippen LogP contribution in [-0.2, 0) is 11.2 Å². The summed E-state index contributed by atoms with van der Waals surface area (Å²) < 4.78 is 18.0. The molecule has 0 radical (unpaired) electrons. The highest BCUT2D eigenvalue weighted by atomic mass is 16.5. The standard InChI is InChI=1S/C24H28N2O4/c1-28-20-8-6-7-19(16-20)21(26-13-4-5-14-26)17-24(27)25-12-11-18-9-10-22(29-2)23(15-18)30-3/h4-10,13-16,21H,11-12,17H2,1-3H3,(H,25,27)/t21-/m1/s1. The quantitative estimate of drug-likeness (QED) is 0.554. The van der Waals surface area contributed by atoms with Crippen LogP contribution in [0.2, 0.25) is 0 Å². The van der Waals surface area contributed by atoms with Gasteiger partial charge in [0, 0.05) is 18.9 Å². The monoisotopic (exact) mass is 408 g/mol. The number of nitrogens with zero attached hydrogens (tertiary/aromatic N) is 1. The molecule has 6 nitrogen and oxygen atoms in total. The van der Waals surface area contributed by atoms with E-state index in [0.29, 0.717) is 30.9 Å². The fourth-order valence-corrected chi connectivity index (χ4v) is 3.43. The van der Waals surface area contributed by atoms with Crippen LogP contribution < -0.4 is 19.5 Å². The average Bonchev–Trinajstić information content (AvgIpc) is 3.32. The van der Waals surface area contributed by atoms with Crippen LogP contribution >= 0.6 is 0 Å². The summed E-state index contributed by atoms with van der Waals surface area (Å²) >= 11 is 0. The predicted octanol–water partition coefficient (Wildman–Crippen LogP) is 3.85. The molecule has 0 spiro atoms. The van der Waals surface area contributed by atoms with Gasteiger partial charge in [-0.3, -0.25) is 4.79 Å². The Balaban J connectivity index is 1.62. The van der Waals surface area contributed by atoms with Gasteiger partial charge in [0.2, 0.25) is 5.91 Å². The molecule has 1 aromatic heterocycles. The van der Waals surface area contributed by atoms with Crippen LogP contribution in [0.1, 0.15) is 23.6 Å². The molecule has 0 bridgehead atoms. The van der Waals surface area contributed by atoms with Crippen molar-refractivity contribution >= 4 is 5.91 Å². The molecule has 3 aromatic rings. The third-order valence-electron chi connectivity index (χ3n) is 5.03. The lowest BCUT2D eigenvalue weighted by Crippen LogP contribution is -2.28. The number of amides is 1. The zero-order chi connectivity index (χ0) is 21.3. The summed E-state index contributed by atoms with van der Waals surface area (Å²) in [5.74, 6) is 2.15. The van der Waals surface area contributed by atoms with E-state index in [1.165, 1.54) is 0 Å². The number of nitrogens with one attached hydrogen (secondary N) is 1. The maximum absolute atomic E-state index is 12.7. The number of methoxy groups -OCH3 is 3. The number of aromatic nitrogens is 1. The van der Waals surface area contributed by atoms with Crippen molar-refractivity contribution in [3.05, 3.63) is 78.1 Å². The Bertz CT molecular complexity index is 954. The Labute approximate surface area is 177 Å². The van der Waals surface area contributed by atoms with Crippen LogP contribution in [0, 0.1) is 0 Å². The smallest absolute Gasteiger partial charge is 0.222 e. The Kier molecular flexibility index (Phi) is 7.38. The van der Waals surface area contributed by atoms with Crippen molar-refractivity contribution in [2.24, 2.45) is 0 Å². The Morgan fingerprint density at radius 3 is 2.40 bits per heavy atom. The fraction of sp³-hybridized carbons (Fsp3) is 0.292. The molecular weight excluding hydrogens is 380 g/mol. The second-order valence-electron chi connectivity index (χ2n) is 6.92. The van der Waals surface area contributed by atoms with E-state index < -0.39 is 0 Å². The molecule has 3 rings (SSSR count). The van der Waals surface area contributed by atoms with E-state index in [-0.39, 0.29) is 11.9 Å². The van der Waals surface area contributed by atoms with Gasteiger partial charge in [-0.25, -0.2) is 0 Å². The van der Waals surface area contributed by atoms with Gasteiger partial charge in [0.05, 0.1) is 33.8 Å². The number of carbonyl (C=O) groups is 1. The van der Waals surface area contributed by atoms with Crippen molar-refractivity contribution in [1.82, 2.24) is 9.88 Å². The predicted molar refractivity (Wildman–Crippen MR) is 116 cm³/mol. The summed E-state index contributed by atoms with van der Waals surface area (Å²) in [6.45, 7) is 0.546. The van der Waals surface area contributed by atoms with Crippen molar-refractivity contribution in [2.75, 3.05) is 27.9 Å². The van der Waals surface area contributed by atoms with Gasteiger partial charge in [-0.2, -0.15) is 0 Å². The topological polar surface area (TPSA) is 61.7 Å². The van der Waals surface area contributed by atoms with Crippen LogP contribution in [0.4, 0.5) is 0 Å². The van der Waals surface area contributed by atoms with Crippen LogP contribution in [0.5, 0.6) is 17.2 Å². The number of benzene rings is 2. The van der Waals surface area contributed by atoms with Crippen molar-refractivity contribution in [3.8, 4) is 17.2 Å².